The highest BCUT2D eigenvalue weighted by molar-refractivity contribution is 5.90. The number of pyridine rings is 1. The largest absolute Gasteiger partial charge is 0.367 e. The molecule has 0 N–H and O–H groups in total. The topological polar surface area (TPSA) is 48.4 Å². The van der Waals surface area contributed by atoms with Crippen molar-refractivity contribution in [3.05, 3.63) is 54.1 Å². The molecule has 1 aliphatic carbocycles. The molecule has 0 unspecified atom stereocenters. The second-order valence-corrected chi connectivity index (χ2v) is 8.23. The van der Waals surface area contributed by atoms with Crippen molar-refractivity contribution >= 4 is 22.4 Å². The Morgan fingerprint density at radius 2 is 1.83 bits per heavy atom. The van der Waals surface area contributed by atoms with Gasteiger partial charge in [-0.2, -0.15) is 0 Å². The highest BCUT2D eigenvalue weighted by Gasteiger charge is 2.31. The number of fused-ring (bicyclic) bond motifs is 1. The molecule has 29 heavy (non-hydrogen) atoms. The van der Waals surface area contributed by atoms with E-state index >= 15 is 0 Å². The van der Waals surface area contributed by atoms with Crippen molar-refractivity contribution in [1.82, 2.24) is 19.9 Å². The Kier molecular flexibility index (Phi) is 4.79. The zero-order chi connectivity index (χ0) is 19.8. The Morgan fingerprint density at radius 3 is 2.62 bits per heavy atom. The van der Waals surface area contributed by atoms with Gasteiger partial charge in [0, 0.05) is 56.9 Å². The molecule has 1 aromatic carbocycles. The lowest BCUT2D eigenvalue weighted by Gasteiger charge is -2.35. The van der Waals surface area contributed by atoms with Crippen LogP contribution in [-0.4, -0.2) is 59.1 Å². The molecule has 3 aromatic rings. The van der Waals surface area contributed by atoms with E-state index in [-0.39, 0.29) is 0 Å². The minimum Gasteiger partial charge on any atom is -0.367 e. The number of benzene rings is 1. The van der Waals surface area contributed by atoms with Crippen molar-refractivity contribution in [2.75, 3.05) is 43.0 Å². The van der Waals surface area contributed by atoms with E-state index in [0.29, 0.717) is 0 Å². The molecule has 0 radical (unpaired) electrons. The number of hydrogen-bond donors (Lipinski definition) is 0. The van der Waals surface area contributed by atoms with Gasteiger partial charge in [0.1, 0.15) is 11.6 Å². The molecule has 2 aliphatic rings. The van der Waals surface area contributed by atoms with E-state index in [9.17, 15) is 0 Å². The molecule has 150 valence electrons. The van der Waals surface area contributed by atoms with Crippen LogP contribution in [0.15, 0.2) is 42.6 Å². The van der Waals surface area contributed by atoms with Crippen LogP contribution < -0.4 is 9.80 Å². The molecule has 0 bridgehead atoms. The molecule has 0 spiro atoms. The van der Waals surface area contributed by atoms with Gasteiger partial charge < -0.3 is 9.80 Å². The number of hydrogen-bond acceptors (Lipinski definition) is 6. The van der Waals surface area contributed by atoms with Crippen LogP contribution >= 0.6 is 0 Å². The number of anilines is 2. The minimum absolute atomic E-state index is 0.730. The number of aromatic nitrogens is 3. The first kappa shape index (κ1) is 18.3. The smallest absolute Gasteiger partial charge is 0.132 e. The maximum Gasteiger partial charge on any atom is 0.132 e. The number of aryl methyl sites for hydroxylation is 1. The molecule has 1 saturated heterocycles. The van der Waals surface area contributed by atoms with Crippen LogP contribution in [0.4, 0.5) is 11.5 Å². The minimum atomic E-state index is 0.730. The summed E-state index contributed by atoms with van der Waals surface area (Å²) in [5.41, 5.74) is 3.20. The summed E-state index contributed by atoms with van der Waals surface area (Å²) in [6, 6.07) is 13.4. The van der Waals surface area contributed by atoms with Gasteiger partial charge in [-0.1, -0.05) is 18.2 Å². The summed E-state index contributed by atoms with van der Waals surface area (Å²) in [7, 11) is 2.11. The van der Waals surface area contributed by atoms with Crippen molar-refractivity contribution in [3.8, 4) is 0 Å². The first-order chi connectivity index (χ1) is 14.2. The van der Waals surface area contributed by atoms with E-state index in [1.165, 1.54) is 12.8 Å². The van der Waals surface area contributed by atoms with Crippen LogP contribution in [-0.2, 0) is 6.54 Å². The molecular formula is C23H28N6. The zero-order valence-electron chi connectivity index (χ0n) is 17.3. The van der Waals surface area contributed by atoms with Gasteiger partial charge in [0.25, 0.3) is 0 Å². The number of nitrogens with zero attached hydrogens (tertiary/aromatic N) is 6. The van der Waals surface area contributed by atoms with E-state index in [1.807, 2.05) is 19.2 Å². The summed E-state index contributed by atoms with van der Waals surface area (Å²) < 4.78 is 0. The average Bonchev–Trinajstić information content (AvgIpc) is 3.58. The Balaban J connectivity index is 1.34. The van der Waals surface area contributed by atoms with Gasteiger partial charge in [0.2, 0.25) is 0 Å². The summed E-state index contributed by atoms with van der Waals surface area (Å²) in [6.45, 7) is 7.11. The predicted molar refractivity (Wildman–Crippen MR) is 117 cm³/mol. The number of para-hydroxylation sites is 1. The maximum absolute atomic E-state index is 4.74. The molecule has 2 aromatic heterocycles. The fourth-order valence-corrected chi connectivity index (χ4v) is 4.34. The summed E-state index contributed by atoms with van der Waals surface area (Å²) >= 11 is 0. The van der Waals surface area contributed by atoms with Crippen LogP contribution in [0.25, 0.3) is 10.9 Å². The Labute approximate surface area is 172 Å². The van der Waals surface area contributed by atoms with Gasteiger partial charge in [0.15, 0.2) is 0 Å². The van der Waals surface area contributed by atoms with E-state index in [2.05, 4.69) is 57.1 Å². The third kappa shape index (κ3) is 3.90. The van der Waals surface area contributed by atoms with Crippen LogP contribution in [0.2, 0.25) is 0 Å². The molecule has 6 nitrogen and oxygen atoms in total. The van der Waals surface area contributed by atoms with E-state index in [0.717, 1.165) is 72.7 Å². The SMILES string of the molecule is Cc1nc(CN(C)c2cccc3cccnc23)cc(N2CCN(C3CC3)CC2)n1. The molecule has 1 aliphatic heterocycles. The first-order valence-corrected chi connectivity index (χ1v) is 10.6. The molecule has 1 saturated carbocycles. The maximum atomic E-state index is 4.74. The highest BCUT2D eigenvalue weighted by Crippen LogP contribution is 2.29. The highest BCUT2D eigenvalue weighted by atomic mass is 15.3. The predicted octanol–water partition coefficient (Wildman–Crippen LogP) is 3.25. The lowest BCUT2D eigenvalue weighted by Crippen LogP contribution is -2.47. The van der Waals surface area contributed by atoms with Crippen molar-refractivity contribution < 1.29 is 0 Å². The van der Waals surface area contributed by atoms with Gasteiger partial charge in [-0.15, -0.1) is 0 Å². The molecule has 3 heterocycles. The summed E-state index contributed by atoms with van der Waals surface area (Å²) in [5, 5.41) is 1.16. The third-order valence-electron chi connectivity index (χ3n) is 6.00. The summed E-state index contributed by atoms with van der Waals surface area (Å²) in [5.74, 6) is 1.90. The lowest BCUT2D eigenvalue weighted by atomic mass is 10.1. The van der Waals surface area contributed by atoms with Crippen molar-refractivity contribution in [2.45, 2.75) is 32.4 Å². The van der Waals surface area contributed by atoms with Crippen molar-refractivity contribution in [2.24, 2.45) is 0 Å². The second-order valence-electron chi connectivity index (χ2n) is 8.23. The summed E-state index contributed by atoms with van der Waals surface area (Å²) in [6.07, 6.45) is 4.62. The van der Waals surface area contributed by atoms with E-state index in [4.69, 9.17) is 9.97 Å². The van der Waals surface area contributed by atoms with Crippen LogP contribution in [0, 0.1) is 6.92 Å². The molecule has 6 heteroatoms. The van der Waals surface area contributed by atoms with Crippen molar-refractivity contribution in [1.29, 1.82) is 0 Å². The average molecular weight is 389 g/mol. The van der Waals surface area contributed by atoms with Gasteiger partial charge in [-0.05, 0) is 31.9 Å². The first-order valence-electron chi connectivity index (χ1n) is 10.6. The van der Waals surface area contributed by atoms with E-state index < -0.39 is 0 Å². The molecule has 0 amide bonds. The number of piperazine rings is 1. The quantitative estimate of drug-likeness (QED) is 0.669. The summed E-state index contributed by atoms with van der Waals surface area (Å²) in [4.78, 5) is 21.3. The number of rotatable bonds is 5. The molecule has 5 rings (SSSR count). The van der Waals surface area contributed by atoms with Crippen LogP contribution in [0.1, 0.15) is 24.4 Å². The monoisotopic (exact) mass is 388 g/mol. The zero-order valence-corrected chi connectivity index (χ0v) is 17.3. The molecule has 0 atom stereocenters. The Morgan fingerprint density at radius 1 is 1.03 bits per heavy atom. The Hall–Kier alpha value is -2.73. The third-order valence-corrected chi connectivity index (χ3v) is 6.00. The molecule has 2 fully saturated rings. The van der Waals surface area contributed by atoms with Crippen LogP contribution in [0.5, 0.6) is 0 Å². The van der Waals surface area contributed by atoms with Gasteiger partial charge in [0.05, 0.1) is 23.4 Å². The second kappa shape index (κ2) is 7.59. The van der Waals surface area contributed by atoms with Gasteiger partial charge >= 0.3 is 0 Å². The fourth-order valence-electron chi connectivity index (χ4n) is 4.34. The van der Waals surface area contributed by atoms with Crippen molar-refractivity contribution in [3.63, 3.8) is 0 Å². The standard InChI is InChI=1S/C23H28N6/c1-17-25-19(15-22(26-17)29-13-11-28(12-14-29)20-8-9-20)16-27(2)21-7-3-5-18-6-4-10-24-23(18)21/h3-7,10,15,20H,8-9,11-14,16H2,1-2H3. The van der Waals surface area contributed by atoms with E-state index in [1.54, 1.807) is 0 Å². The Bertz CT molecular complexity index is 1000. The van der Waals surface area contributed by atoms with Gasteiger partial charge in [-0.3, -0.25) is 9.88 Å². The van der Waals surface area contributed by atoms with Crippen LogP contribution in [0.3, 0.4) is 0 Å². The normalized spacial score (nSPS) is 17.7. The van der Waals surface area contributed by atoms with Gasteiger partial charge in [-0.25, -0.2) is 9.97 Å². The fraction of sp³-hybridized carbons (Fsp3) is 0.435. The lowest BCUT2D eigenvalue weighted by molar-refractivity contribution is 0.247. The molecular weight excluding hydrogens is 360 g/mol.